The number of hydrogen-bond donors (Lipinski definition) is 0. The molecule has 1 aromatic heterocycles. The van der Waals surface area contributed by atoms with E-state index in [0.29, 0.717) is 18.7 Å². The van der Waals surface area contributed by atoms with Gasteiger partial charge in [-0.3, -0.25) is 9.48 Å². The first-order valence-electron chi connectivity index (χ1n) is 9.98. The Labute approximate surface area is 160 Å². The molecule has 0 saturated carbocycles. The van der Waals surface area contributed by atoms with Crippen LogP contribution in [0.1, 0.15) is 43.0 Å². The number of aromatic nitrogens is 2. The minimum absolute atomic E-state index is 0.0406. The van der Waals surface area contributed by atoms with Gasteiger partial charge in [0.2, 0.25) is 0 Å². The molecule has 0 N–H and O–H groups in total. The molecule has 27 heavy (non-hydrogen) atoms. The van der Waals surface area contributed by atoms with Crippen LogP contribution < -0.4 is 0 Å². The maximum Gasteiger partial charge on any atom is 0.320 e. The molecule has 3 aliphatic rings. The summed E-state index contributed by atoms with van der Waals surface area (Å²) in [7, 11) is 1.89. The van der Waals surface area contributed by atoms with E-state index in [4.69, 9.17) is 4.74 Å². The number of amides is 3. The van der Waals surface area contributed by atoms with Crippen molar-refractivity contribution in [3.05, 3.63) is 18.0 Å². The Morgan fingerprint density at radius 2 is 2.00 bits per heavy atom. The summed E-state index contributed by atoms with van der Waals surface area (Å²) in [6.07, 6.45) is 6.92. The minimum atomic E-state index is -0.0941. The third kappa shape index (κ3) is 3.20. The molecule has 4 heterocycles. The van der Waals surface area contributed by atoms with Crippen LogP contribution in [0.5, 0.6) is 0 Å². The summed E-state index contributed by atoms with van der Waals surface area (Å²) in [6.45, 7) is 6.34. The van der Waals surface area contributed by atoms with E-state index in [0.717, 1.165) is 52.0 Å². The molecular weight excluding hydrogens is 346 g/mol. The van der Waals surface area contributed by atoms with E-state index in [-0.39, 0.29) is 23.5 Å². The number of aryl methyl sites for hydroxylation is 1. The van der Waals surface area contributed by atoms with E-state index < -0.39 is 0 Å². The van der Waals surface area contributed by atoms with E-state index in [1.165, 1.54) is 0 Å². The minimum Gasteiger partial charge on any atom is -0.381 e. The van der Waals surface area contributed by atoms with Crippen molar-refractivity contribution < 1.29 is 14.3 Å². The molecule has 0 radical (unpaired) electrons. The normalized spacial score (nSPS) is 23.5. The number of rotatable bonds is 3. The van der Waals surface area contributed by atoms with Crippen molar-refractivity contribution in [3.63, 3.8) is 0 Å². The highest BCUT2D eigenvalue weighted by Gasteiger charge is 2.52. The molecule has 8 heteroatoms. The molecule has 1 spiro atoms. The second kappa shape index (κ2) is 7.14. The molecule has 8 nitrogen and oxygen atoms in total. The zero-order valence-corrected chi connectivity index (χ0v) is 16.3. The molecule has 148 valence electrons. The lowest BCUT2D eigenvalue weighted by Crippen LogP contribution is -2.57. The lowest BCUT2D eigenvalue weighted by molar-refractivity contribution is -0.0151. The van der Waals surface area contributed by atoms with Crippen molar-refractivity contribution in [2.24, 2.45) is 0 Å². The monoisotopic (exact) mass is 375 g/mol. The van der Waals surface area contributed by atoms with Crippen LogP contribution in [0.4, 0.5) is 4.79 Å². The molecule has 0 bridgehead atoms. The largest absolute Gasteiger partial charge is 0.381 e. The summed E-state index contributed by atoms with van der Waals surface area (Å²) >= 11 is 0. The number of urea groups is 1. The molecule has 0 atom stereocenters. The zero-order valence-electron chi connectivity index (χ0n) is 16.3. The molecule has 0 aliphatic carbocycles. The van der Waals surface area contributed by atoms with Crippen LogP contribution in [0.15, 0.2) is 12.4 Å². The molecular formula is C19H29N5O3. The van der Waals surface area contributed by atoms with E-state index in [2.05, 4.69) is 10.00 Å². The van der Waals surface area contributed by atoms with Crippen molar-refractivity contribution in [1.82, 2.24) is 24.5 Å². The summed E-state index contributed by atoms with van der Waals surface area (Å²) in [5, 5.41) is 4.20. The van der Waals surface area contributed by atoms with Gasteiger partial charge in [-0.2, -0.15) is 5.10 Å². The molecule has 0 unspecified atom stereocenters. The Bertz CT molecular complexity index is 704. The lowest BCUT2D eigenvalue weighted by Gasteiger charge is -2.46. The third-order valence-electron chi connectivity index (χ3n) is 6.32. The second-order valence-corrected chi connectivity index (χ2v) is 7.95. The van der Waals surface area contributed by atoms with Gasteiger partial charge < -0.3 is 19.4 Å². The molecule has 1 aromatic rings. The molecule has 3 aliphatic heterocycles. The average molecular weight is 375 g/mol. The summed E-state index contributed by atoms with van der Waals surface area (Å²) in [5.41, 5.74) is 0.552. The van der Waals surface area contributed by atoms with Gasteiger partial charge in [0.1, 0.15) is 0 Å². The Morgan fingerprint density at radius 3 is 2.63 bits per heavy atom. The first kappa shape index (κ1) is 18.3. The maximum atomic E-state index is 12.9. The summed E-state index contributed by atoms with van der Waals surface area (Å²) < 4.78 is 7.33. The van der Waals surface area contributed by atoms with Gasteiger partial charge in [0, 0.05) is 58.7 Å². The summed E-state index contributed by atoms with van der Waals surface area (Å²) in [6, 6.07) is 0.328. The van der Waals surface area contributed by atoms with Gasteiger partial charge in [-0.05, 0) is 32.6 Å². The fraction of sp³-hybridized carbons (Fsp3) is 0.737. The Balaban J connectivity index is 1.43. The van der Waals surface area contributed by atoms with Gasteiger partial charge in [0.15, 0.2) is 0 Å². The van der Waals surface area contributed by atoms with Gasteiger partial charge in [-0.25, -0.2) is 4.79 Å². The number of carbonyl (C=O) groups excluding carboxylic acids is 2. The number of carbonyl (C=O) groups is 2. The molecule has 4 rings (SSSR count). The van der Waals surface area contributed by atoms with E-state index >= 15 is 0 Å². The topological polar surface area (TPSA) is 70.9 Å². The Hall–Kier alpha value is -2.09. The van der Waals surface area contributed by atoms with Crippen LogP contribution in [0.25, 0.3) is 0 Å². The van der Waals surface area contributed by atoms with E-state index in [1.807, 2.05) is 30.0 Å². The Morgan fingerprint density at radius 1 is 1.30 bits per heavy atom. The van der Waals surface area contributed by atoms with Gasteiger partial charge in [0.05, 0.1) is 17.3 Å². The molecule has 3 saturated heterocycles. The summed E-state index contributed by atoms with van der Waals surface area (Å²) in [4.78, 5) is 31.5. The molecule has 0 aromatic carbocycles. The fourth-order valence-corrected chi connectivity index (χ4v) is 4.82. The van der Waals surface area contributed by atoms with Crippen molar-refractivity contribution in [1.29, 1.82) is 0 Å². The average Bonchev–Trinajstić information content (AvgIpc) is 3.26. The number of piperidine rings is 1. The van der Waals surface area contributed by atoms with Crippen LogP contribution in [0.2, 0.25) is 0 Å². The highest BCUT2D eigenvalue weighted by Crippen LogP contribution is 2.38. The van der Waals surface area contributed by atoms with Crippen molar-refractivity contribution in [3.8, 4) is 0 Å². The maximum absolute atomic E-state index is 12.9. The van der Waals surface area contributed by atoms with Crippen LogP contribution in [-0.4, -0.2) is 87.9 Å². The number of nitrogens with zero attached hydrogens (tertiary/aromatic N) is 5. The van der Waals surface area contributed by atoms with Crippen LogP contribution >= 0.6 is 0 Å². The van der Waals surface area contributed by atoms with Crippen molar-refractivity contribution in [2.75, 3.05) is 39.9 Å². The zero-order chi connectivity index (χ0) is 19.0. The second-order valence-electron chi connectivity index (χ2n) is 7.95. The smallest absolute Gasteiger partial charge is 0.320 e. The summed E-state index contributed by atoms with van der Waals surface area (Å²) in [5.74, 6) is 0.0406. The first-order valence-corrected chi connectivity index (χ1v) is 9.98. The highest BCUT2D eigenvalue weighted by atomic mass is 16.5. The van der Waals surface area contributed by atoms with Crippen molar-refractivity contribution >= 4 is 11.9 Å². The van der Waals surface area contributed by atoms with E-state index in [1.54, 1.807) is 10.9 Å². The first-order chi connectivity index (χ1) is 13.0. The highest BCUT2D eigenvalue weighted by molar-refractivity contribution is 5.93. The van der Waals surface area contributed by atoms with Gasteiger partial charge in [0.25, 0.3) is 5.91 Å². The Kier molecular flexibility index (Phi) is 4.84. The van der Waals surface area contributed by atoms with Crippen LogP contribution in [-0.2, 0) is 11.3 Å². The SMILES string of the molecule is CCn1cc(C(=O)N2CCC(N3C(=O)N(C)CC34CCOCC4)CC2)cn1. The predicted molar refractivity (Wildman–Crippen MR) is 99.5 cm³/mol. The third-order valence-corrected chi connectivity index (χ3v) is 6.32. The molecule has 3 fully saturated rings. The molecule has 3 amide bonds. The number of likely N-dealkylation sites (N-methyl/N-ethyl adjacent to an activating group) is 1. The number of hydrogen-bond acceptors (Lipinski definition) is 4. The van der Waals surface area contributed by atoms with Gasteiger partial charge in [-0.15, -0.1) is 0 Å². The standard InChI is InChI=1S/C19H29N5O3/c1-3-23-13-15(12-20-23)17(25)22-8-4-16(5-9-22)24-18(26)21(2)14-19(24)6-10-27-11-7-19/h12-13,16H,3-11,14H2,1-2H3. The number of likely N-dealkylation sites (tertiary alicyclic amines) is 1. The van der Waals surface area contributed by atoms with Crippen molar-refractivity contribution in [2.45, 2.75) is 50.7 Å². The van der Waals surface area contributed by atoms with Gasteiger partial charge >= 0.3 is 6.03 Å². The fourth-order valence-electron chi connectivity index (χ4n) is 4.82. The lowest BCUT2D eigenvalue weighted by atomic mass is 9.86. The number of ether oxygens (including phenoxy) is 1. The quantitative estimate of drug-likeness (QED) is 0.801. The van der Waals surface area contributed by atoms with E-state index in [9.17, 15) is 9.59 Å². The van der Waals surface area contributed by atoms with Crippen LogP contribution in [0.3, 0.4) is 0 Å². The predicted octanol–water partition coefficient (Wildman–Crippen LogP) is 1.42. The van der Waals surface area contributed by atoms with Crippen LogP contribution in [0, 0.1) is 0 Å². The van der Waals surface area contributed by atoms with Gasteiger partial charge in [-0.1, -0.05) is 0 Å².